The monoisotopic (exact) mass is 538 g/mol. The third-order valence-electron chi connectivity index (χ3n) is 4.59. The maximum atomic E-state index is 12.2. The first-order chi connectivity index (χ1) is 13.6. The van der Waals surface area contributed by atoms with E-state index in [1.165, 1.54) is 32.1 Å². The molecule has 2 rings (SSSR count). The van der Waals surface area contributed by atoms with Gasteiger partial charge in [-0.05, 0) is 38.3 Å². The number of nitrogens with zero attached hydrogens (tertiary/aromatic N) is 1. The van der Waals surface area contributed by atoms with Gasteiger partial charge in [-0.15, -0.1) is 24.0 Å². The number of nitrogens with one attached hydrogen (secondary N) is 3. The molecule has 0 saturated heterocycles. The molecule has 0 heterocycles. The van der Waals surface area contributed by atoms with Crippen LogP contribution in [0.3, 0.4) is 0 Å². The third kappa shape index (κ3) is 10.6. The molecule has 0 amide bonds. The Kier molecular flexibility index (Phi) is 13.5. The van der Waals surface area contributed by atoms with E-state index in [2.05, 4.69) is 20.3 Å². The Morgan fingerprint density at radius 1 is 1.10 bits per heavy atom. The Bertz CT molecular complexity index is 680. The number of benzene rings is 1. The van der Waals surface area contributed by atoms with Crippen molar-refractivity contribution in [3.63, 3.8) is 0 Å². The van der Waals surface area contributed by atoms with E-state index in [-0.39, 0.29) is 35.4 Å². The van der Waals surface area contributed by atoms with Gasteiger partial charge in [0.1, 0.15) is 0 Å². The topological polar surface area (TPSA) is 91.8 Å². The van der Waals surface area contributed by atoms with Crippen molar-refractivity contribution in [3.05, 3.63) is 30.3 Å². The SMILES string of the molecule is CCNC(=NCCCOC1CCCCC1)NCCNS(=O)(=O)c1ccccc1.I. The summed E-state index contributed by atoms with van der Waals surface area (Å²) in [6.45, 7) is 4.91. The highest BCUT2D eigenvalue weighted by atomic mass is 127. The molecule has 0 atom stereocenters. The lowest BCUT2D eigenvalue weighted by Crippen LogP contribution is -2.41. The highest BCUT2D eigenvalue weighted by Crippen LogP contribution is 2.20. The van der Waals surface area contributed by atoms with Crippen molar-refractivity contribution in [3.8, 4) is 0 Å². The first-order valence-electron chi connectivity index (χ1n) is 10.3. The highest BCUT2D eigenvalue weighted by molar-refractivity contribution is 14.0. The standard InChI is InChI=1S/C20H34N4O3S.HI/c1-2-21-20(22-14-9-17-27-18-10-5-3-6-11-18)23-15-16-24-28(25,26)19-12-7-4-8-13-19;/h4,7-8,12-13,18,24H,2-3,5-6,9-11,14-17H2,1H3,(H2,21,22,23);1H. The van der Waals surface area contributed by atoms with Gasteiger partial charge in [-0.1, -0.05) is 37.5 Å². The lowest BCUT2D eigenvalue weighted by Gasteiger charge is -2.21. The van der Waals surface area contributed by atoms with Crippen molar-refractivity contribution >= 4 is 40.0 Å². The van der Waals surface area contributed by atoms with Gasteiger partial charge < -0.3 is 15.4 Å². The lowest BCUT2D eigenvalue weighted by molar-refractivity contribution is 0.0281. The average molecular weight is 538 g/mol. The number of hydrogen-bond acceptors (Lipinski definition) is 4. The zero-order valence-electron chi connectivity index (χ0n) is 17.2. The van der Waals surface area contributed by atoms with Crippen molar-refractivity contribution < 1.29 is 13.2 Å². The predicted molar refractivity (Wildman–Crippen MR) is 128 cm³/mol. The second-order valence-electron chi connectivity index (χ2n) is 6.88. The van der Waals surface area contributed by atoms with Gasteiger partial charge >= 0.3 is 0 Å². The van der Waals surface area contributed by atoms with E-state index < -0.39 is 10.0 Å². The van der Waals surface area contributed by atoms with Gasteiger partial charge in [-0.25, -0.2) is 13.1 Å². The van der Waals surface area contributed by atoms with Crippen molar-refractivity contribution in [2.75, 3.05) is 32.8 Å². The van der Waals surface area contributed by atoms with Crippen LogP contribution < -0.4 is 15.4 Å². The molecule has 0 unspecified atom stereocenters. The van der Waals surface area contributed by atoms with Gasteiger partial charge in [-0.2, -0.15) is 0 Å². The fraction of sp³-hybridized carbons (Fsp3) is 0.650. The molecule has 7 nitrogen and oxygen atoms in total. The quantitative estimate of drug-likeness (QED) is 0.175. The summed E-state index contributed by atoms with van der Waals surface area (Å²) in [5.74, 6) is 0.694. The number of aliphatic imine (C=N–C) groups is 1. The molecule has 1 aromatic carbocycles. The van der Waals surface area contributed by atoms with Crippen molar-refractivity contribution in [2.45, 2.75) is 56.4 Å². The minimum absolute atomic E-state index is 0. The minimum atomic E-state index is -3.47. The molecule has 1 saturated carbocycles. The molecule has 0 bridgehead atoms. The Balaban J connectivity index is 0.00000420. The molecule has 1 fully saturated rings. The Labute approximate surface area is 192 Å². The van der Waals surface area contributed by atoms with Crippen LogP contribution in [0.15, 0.2) is 40.2 Å². The second kappa shape index (κ2) is 15.0. The van der Waals surface area contributed by atoms with Crippen LogP contribution in [0.25, 0.3) is 0 Å². The van der Waals surface area contributed by atoms with E-state index in [0.717, 1.165) is 19.6 Å². The summed E-state index contributed by atoms with van der Waals surface area (Å²) < 4.78 is 32.9. The second-order valence-corrected chi connectivity index (χ2v) is 8.65. The number of rotatable bonds is 11. The zero-order valence-corrected chi connectivity index (χ0v) is 20.4. The Morgan fingerprint density at radius 2 is 1.83 bits per heavy atom. The molecule has 3 N–H and O–H groups in total. The van der Waals surface area contributed by atoms with E-state index in [9.17, 15) is 8.42 Å². The molecule has 9 heteroatoms. The molecular formula is C20H35IN4O3S. The average Bonchev–Trinajstić information content (AvgIpc) is 2.72. The minimum Gasteiger partial charge on any atom is -0.378 e. The third-order valence-corrected chi connectivity index (χ3v) is 6.06. The molecule has 1 aliphatic rings. The molecule has 166 valence electrons. The van der Waals surface area contributed by atoms with Crippen LogP contribution in [0, 0.1) is 0 Å². The van der Waals surface area contributed by atoms with Gasteiger partial charge in [-0.3, -0.25) is 4.99 Å². The van der Waals surface area contributed by atoms with Crippen molar-refractivity contribution in [2.24, 2.45) is 4.99 Å². The van der Waals surface area contributed by atoms with E-state index in [4.69, 9.17) is 4.74 Å². The number of hydrogen-bond donors (Lipinski definition) is 3. The molecule has 0 aromatic heterocycles. The molecule has 29 heavy (non-hydrogen) atoms. The van der Waals surface area contributed by atoms with Crippen LogP contribution in [-0.2, 0) is 14.8 Å². The van der Waals surface area contributed by atoms with Crippen LogP contribution in [-0.4, -0.2) is 53.3 Å². The van der Waals surface area contributed by atoms with Gasteiger partial charge in [0.2, 0.25) is 10.0 Å². The Morgan fingerprint density at radius 3 is 2.52 bits per heavy atom. The van der Waals surface area contributed by atoms with E-state index in [0.29, 0.717) is 25.2 Å². The largest absolute Gasteiger partial charge is 0.378 e. The molecule has 1 aromatic rings. The van der Waals surface area contributed by atoms with Crippen molar-refractivity contribution in [1.82, 2.24) is 15.4 Å². The molecule has 0 spiro atoms. The summed E-state index contributed by atoms with van der Waals surface area (Å²) in [4.78, 5) is 4.80. The van der Waals surface area contributed by atoms with E-state index >= 15 is 0 Å². The normalized spacial score (nSPS) is 15.6. The van der Waals surface area contributed by atoms with Crippen LogP contribution in [0.2, 0.25) is 0 Å². The van der Waals surface area contributed by atoms with Gasteiger partial charge in [0.25, 0.3) is 0 Å². The maximum Gasteiger partial charge on any atom is 0.240 e. The fourth-order valence-corrected chi connectivity index (χ4v) is 4.18. The Hall–Kier alpha value is -0.910. The van der Waals surface area contributed by atoms with Gasteiger partial charge in [0.15, 0.2) is 5.96 Å². The van der Waals surface area contributed by atoms with Crippen LogP contribution in [0.4, 0.5) is 0 Å². The number of guanidine groups is 1. The summed E-state index contributed by atoms with van der Waals surface area (Å²) in [5, 5.41) is 6.33. The van der Waals surface area contributed by atoms with E-state index in [1.54, 1.807) is 30.3 Å². The lowest BCUT2D eigenvalue weighted by atomic mass is 9.98. The smallest absolute Gasteiger partial charge is 0.240 e. The first kappa shape index (κ1) is 26.1. The summed E-state index contributed by atoms with van der Waals surface area (Å²) in [6, 6.07) is 8.37. The van der Waals surface area contributed by atoms with Crippen LogP contribution in [0.5, 0.6) is 0 Å². The zero-order chi connectivity index (χ0) is 20.1. The number of sulfonamides is 1. The van der Waals surface area contributed by atoms with Crippen LogP contribution >= 0.6 is 24.0 Å². The summed E-state index contributed by atoms with van der Waals surface area (Å²) in [5.41, 5.74) is 0. The van der Waals surface area contributed by atoms with E-state index in [1.807, 2.05) is 6.92 Å². The molecule has 0 aliphatic heterocycles. The molecular weight excluding hydrogens is 503 g/mol. The van der Waals surface area contributed by atoms with Gasteiger partial charge in [0, 0.05) is 32.8 Å². The molecule has 0 radical (unpaired) electrons. The number of halogens is 1. The van der Waals surface area contributed by atoms with Gasteiger partial charge in [0.05, 0.1) is 11.0 Å². The predicted octanol–water partition coefficient (Wildman–Crippen LogP) is 2.88. The summed E-state index contributed by atoms with van der Waals surface area (Å²) >= 11 is 0. The molecule has 1 aliphatic carbocycles. The summed E-state index contributed by atoms with van der Waals surface area (Å²) in [7, 11) is -3.47. The number of ether oxygens (including phenoxy) is 1. The van der Waals surface area contributed by atoms with Crippen LogP contribution in [0.1, 0.15) is 45.4 Å². The maximum absolute atomic E-state index is 12.2. The fourth-order valence-electron chi connectivity index (χ4n) is 3.13. The summed E-state index contributed by atoms with van der Waals surface area (Å²) in [6.07, 6.45) is 7.59. The van der Waals surface area contributed by atoms with Crippen molar-refractivity contribution in [1.29, 1.82) is 0 Å². The highest BCUT2D eigenvalue weighted by Gasteiger charge is 2.13. The first-order valence-corrected chi connectivity index (χ1v) is 11.8.